The van der Waals surface area contributed by atoms with Crippen LogP contribution >= 0.6 is 0 Å². The number of hydrogen-bond acceptors (Lipinski definition) is 5. The summed E-state index contributed by atoms with van der Waals surface area (Å²) >= 11 is 0. The maximum Gasteiger partial charge on any atom is 0.335 e. The van der Waals surface area contributed by atoms with Crippen molar-refractivity contribution in [1.29, 1.82) is 0 Å². The molecular weight excluding hydrogens is 500 g/mol. The van der Waals surface area contributed by atoms with Crippen LogP contribution in [-0.4, -0.2) is 53.2 Å². The van der Waals surface area contributed by atoms with Gasteiger partial charge in [0.25, 0.3) is 0 Å². The summed E-state index contributed by atoms with van der Waals surface area (Å²) in [5.74, 6) is -1.92. The first kappa shape index (κ1) is 33.9. The van der Waals surface area contributed by atoms with E-state index in [2.05, 4.69) is 10.6 Å². The summed E-state index contributed by atoms with van der Waals surface area (Å²) in [5, 5.41) is 23.4. The number of hydrogen-bond donors (Lipinski definition) is 4. The lowest BCUT2D eigenvalue weighted by Crippen LogP contribution is -2.41. The Hall–Kier alpha value is -3.10. The van der Waals surface area contributed by atoms with Crippen LogP contribution < -0.4 is 15.4 Å². The average Bonchev–Trinajstić information content (AvgIpc) is 2.90. The molecule has 0 aliphatic carbocycles. The standard InChI is InChI=1S/C30H48N2O7/c1-2-31-27(33)21-20-26(30(37)38)32-28(34)19-14-12-10-8-6-4-3-5-7-9-11-13-15-22-39-25-18-16-17-24(23-25)29(35)36/h16-18,23,26H,2-15,19-22H2,1H3,(H,31,33)(H,32,34)(H,35,36)(H,37,38)/t26-/m0/s1. The molecule has 0 bridgehead atoms. The molecule has 220 valence electrons. The van der Waals surface area contributed by atoms with Gasteiger partial charge in [0.2, 0.25) is 11.8 Å². The van der Waals surface area contributed by atoms with Crippen molar-refractivity contribution in [1.82, 2.24) is 10.6 Å². The second-order valence-corrected chi connectivity index (χ2v) is 9.98. The van der Waals surface area contributed by atoms with Gasteiger partial charge in [0.1, 0.15) is 11.8 Å². The molecule has 1 aromatic rings. The van der Waals surface area contributed by atoms with Crippen LogP contribution in [-0.2, 0) is 14.4 Å². The molecule has 0 aliphatic heterocycles. The third-order valence-electron chi connectivity index (χ3n) is 6.57. The van der Waals surface area contributed by atoms with Crippen LogP contribution in [0, 0.1) is 0 Å². The van der Waals surface area contributed by atoms with Crippen molar-refractivity contribution in [3.8, 4) is 5.75 Å². The van der Waals surface area contributed by atoms with Crippen molar-refractivity contribution in [2.45, 2.75) is 116 Å². The fourth-order valence-electron chi connectivity index (χ4n) is 4.33. The number of unbranched alkanes of at least 4 members (excludes halogenated alkanes) is 12. The number of rotatable bonds is 24. The average molecular weight is 549 g/mol. The highest BCUT2D eigenvalue weighted by Crippen LogP contribution is 2.15. The molecule has 4 N–H and O–H groups in total. The smallest absolute Gasteiger partial charge is 0.335 e. The first-order chi connectivity index (χ1) is 18.8. The maximum absolute atomic E-state index is 12.1. The molecule has 1 atom stereocenters. The monoisotopic (exact) mass is 548 g/mol. The summed E-state index contributed by atoms with van der Waals surface area (Å²) in [4.78, 5) is 45.9. The fourth-order valence-corrected chi connectivity index (χ4v) is 4.33. The number of carbonyl (C=O) groups is 4. The number of nitrogens with one attached hydrogen (secondary N) is 2. The molecule has 9 nitrogen and oxygen atoms in total. The SMILES string of the molecule is CCNC(=O)CC[C@H](NC(=O)CCCCCCCCCCCCCCCOc1cccc(C(=O)O)c1)C(=O)O. The zero-order valence-corrected chi connectivity index (χ0v) is 23.6. The molecule has 39 heavy (non-hydrogen) atoms. The third-order valence-corrected chi connectivity index (χ3v) is 6.57. The minimum atomic E-state index is -1.11. The zero-order chi connectivity index (χ0) is 28.7. The lowest BCUT2D eigenvalue weighted by molar-refractivity contribution is -0.142. The van der Waals surface area contributed by atoms with Gasteiger partial charge in [0.05, 0.1) is 12.2 Å². The van der Waals surface area contributed by atoms with E-state index >= 15 is 0 Å². The normalized spacial score (nSPS) is 11.5. The molecule has 0 heterocycles. The topological polar surface area (TPSA) is 142 Å². The van der Waals surface area contributed by atoms with Crippen molar-refractivity contribution >= 4 is 23.8 Å². The molecule has 2 amide bonds. The van der Waals surface area contributed by atoms with Gasteiger partial charge in [0.15, 0.2) is 0 Å². The van der Waals surface area contributed by atoms with Gasteiger partial charge in [-0.05, 0) is 44.4 Å². The largest absolute Gasteiger partial charge is 0.494 e. The number of carbonyl (C=O) groups excluding carboxylic acids is 2. The summed E-state index contributed by atoms with van der Waals surface area (Å²) < 4.78 is 5.65. The number of ether oxygens (including phenoxy) is 1. The Morgan fingerprint density at radius 2 is 1.33 bits per heavy atom. The van der Waals surface area contributed by atoms with Gasteiger partial charge in [-0.3, -0.25) is 9.59 Å². The molecule has 1 rings (SSSR count). The molecule has 0 fully saturated rings. The summed E-state index contributed by atoms with van der Waals surface area (Å²) in [6.45, 7) is 2.90. The van der Waals surface area contributed by atoms with E-state index in [1.807, 2.05) is 0 Å². The van der Waals surface area contributed by atoms with E-state index in [-0.39, 0.29) is 30.2 Å². The Bertz CT molecular complexity index is 859. The van der Waals surface area contributed by atoms with Crippen molar-refractivity contribution in [2.75, 3.05) is 13.2 Å². The number of carboxylic acids is 2. The van der Waals surface area contributed by atoms with E-state index in [0.717, 1.165) is 38.5 Å². The minimum absolute atomic E-state index is 0.0785. The first-order valence-electron chi connectivity index (χ1n) is 14.6. The minimum Gasteiger partial charge on any atom is -0.494 e. The van der Waals surface area contributed by atoms with Crippen LogP contribution in [0.15, 0.2) is 24.3 Å². The van der Waals surface area contributed by atoms with Gasteiger partial charge < -0.3 is 25.6 Å². The molecule has 0 aliphatic rings. The summed E-state index contributed by atoms with van der Waals surface area (Å²) in [7, 11) is 0. The van der Waals surface area contributed by atoms with Crippen LogP contribution in [0.2, 0.25) is 0 Å². The fraction of sp³-hybridized carbons (Fsp3) is 0.667. The van der Waals surface area contributed by atoms with Gasteiger partial charge in [-0.25, -0.2) is 9.59 Å². The van der Waals surface area contributed by atoms with Crippen molar-refractivity contribution in [3.05, 3.63) is 29.8 Å². The first-order valence-corrected chi connectivity index (χ1v) is 14.6. The lowest BCUT2D eigenvalue weighted by atomic mass is 10.0. The molecule has 0 unspecified atom stereocenters. The quantitative estimate of drug-likeness (QED) is 0.121. The van der Waals surface area contributed by atoms with Crippen LogP contribution in [0.25, 0.3) is 0 Å². The van der Waals surface area contributed by atoms with Gasteiger partial charge in [-0.2, -0.15) is 0 Å². The second kappa shape index (κ2) is 21.8. The van der Waals surface area contributed by atoms with Gasteiger partial charge in [-0.15, -0.1) is 0 Å². The van der Waals surface area contributed by atoms with E-state index < -0.39 is 18.0 Å². The molecule has 9 heteroatoms. The van der Waals surface area contributed by atoms with Crippen LogP contribution in [0.1, 0.15) is 120 Å². The van der Waals surface area contributed by atoms with Crippen molar-refractivity contribution in [2.24, 2.45) is 0 Å². The molecule has 0 aromatic heterocycles. The summed E-state index contributed by atoms with van der Waals surface area (Å²) in [5.41, 5.74) is 0.243. The molecule has 0 spiro atoms. The highest BCUT2D eigenvalue weighted by molar-refractivity contribution is 5.88. The predicted molar refractivity (Wildman–Crippen MR) is 151 cm³/mol. The van der Waals surface area contributed by atoms with Gasteiger partial charge in [0, 0.05) is 19.4 Å². The van der Waals surface area contributed by atoms with Crippen molar-refractivity contribution in [3.63, 3.8) is 0 Å². The van der Waals surface area contributed by atoms with E-state index in [0.29, 0.717) is 25.3 Å². The summed E-state index contributed by atoms with van der Waals surface area (Å²) in [6, 6.07) is 5.57. The molecule has 0 saturated carbocycles. The summed E-state index contributed by atoms with van der Waals surface area (Å²) in [6.07, 6.45) is 15.1. The Morgan fingerprint density at radius 1 is 0.769 bits per heavy atom. The highest BCUT2D eigenvalue weighted by Gasteiger charge is 2.20. The Morgan fingerprint density at radius 3 is 1.87 bits per heavy atom. The lowest BCUT2D eigenvalue weighted by Gasteiger charge is -2.14. The third kappa shape index (κ3) is 17.9. The highest BCUT2D eigenvalue weighted by atomic mass is 16.5. The molecule has 1 aromatic carbocycles. The van der Waals surface area contributed by atoms with Gasteiger partial charge >= 0.3 is 11.9 Å². The van der Waals surface area contributed by atoms with Gasteiger partial charge in [-0.1, -0.05) is 76.7 Å². The number of amides is 2. The molecule has 0 radical (unpaired) electrons. The predicted octanol–water partition coefficient (Wildman–Crippen LogP) is 5.71. The Balaban J connectivity index is 1.90. The number of benzene rings is 1. The number of carboxylic acid groups (broad SMARTS) is 2. The van der Waals surface area contributed by atoms with Crippen LogP contribution in [0.3, 0.4) is 0 Å². The Labute approximate surface area is 233 Å². The molecular formula is C30H48N2O7. The van der Waals surface area contributed by atoms with E-state index in [1.165, 1.54) is 44.9 Å². The molecule has 0 saturated heterocycles. The van der Waals surface area contributed by atoms with E-state index in [4.69, 9.17) is 9.84 Å². The second-order valence-electron chi connectivity index (χ2n) is 9.98. The Kier molecular flexibility index (Phi) is 19.0. The van der Waals surface area contributed by atoms with E-state index in [9.17, 15) is 24.3 Å². The maximum atomic E-state index is 12.1. The van der Waals surface area contributed by atoms with E-state index in [1.54, 1.807) is 31.2 Å². The number of aromatic carboxylic acids is 1. The van der Waals surface area contributed by atoms with Crippen LogP contribution in [0.4, 0.5) is 0 Å². The number of aliphatic carboxylic acids is 1. The van der Waals surface area contributed by atoms with Crippen LogP contribution in [0.5, 0.6) is 5.75 Å². The van der Waals surface area contributed by atoms with Crippen molar-refractivity contribution < 1.29 is 34.1 Å². The zero-order valence-electron chi connectivity index (χ0n) is 23.6.